The van der Waals surface area contributed by atoms with Gasteiger partial charge in [0.05, 0.1) is 26.4 Å². The van der Waals surface area contributed by atoms with Gasteiger partial charge in [-0.05, 0) is 148 Å². The minimum Gasteiger partial charge on any atom is -0.463 e. The summed E-state index contributed by atoms with van der Waals surface area (Å²) in [6, 6.07) is 0. The number of phosphoric acid groups is 2. The number of carbonyl (C=O) groups excluding carboxylic acids is 3. The first-order valence-electron chi connectivity index (χ1n) is 40.4. The van der Waals surface area contributed by atoms with Crippen LogP contribution in [0.15, 0.2) is 170 Å². The van der Waals surface area contributed by atoms with Crippen LogP contribution in [0.25, 0.3) is 0 Å². The first kappa shape index (κ1) is 99.9. The third-order valence-electron chi connectivity index (χ3n) is 16.4. The van der Waals surface area contributed by atoms with E-state index in [2.05, 4.69) is 191 Å². The lowest BCUT2D eigenvalue weighted by Crippen LogP contribution is -2.30. The van der Waals surface area contributed by atoms with Gasteiger partial charge in [-0.25, -0.2) is 9.13 Å². The summed E-state index contributed by atoms with van der Waals surface area (Å²) in [5, 5.41) is 20.7. The number of esters is 3. The molecule has 0 aromatic heterocycles. The molecular weight excluding hydrogens is 1360 g/mol. The fourth-order valence-corrected chi connectivity index (χ4v) is 12.0. The molecule has 0 saturated heterocycles. The van der Waals surface area contributed by atoms with Crippen LogP contribution in [0.1, 0.15) is 303 Å². The molecule has 4 N–H and O–H groups in total. The van der Waals surface area contributed by atoms with Crippen molar-refractivity contribution in [3.8, 4) is 0 Å². The van der Waals surface area contributed by atoms with Crippen LogP contribution in [0, 0.1) is 0 Å². The second-order valence-electron chi connectivity index (χ2n) is 26.4. The van der Waals surface area contributed by atoms with Crippen LogP contribution in [-0.4, -0.2) is 95.9 Å². The molecule has 105 heavy (non-hydrogen) atoms. The quantitative estimate of drug-likeness (QED) is 0.0146. The van der Waals surface area contributed by atoms with Gasteiger partial charge in [-0.3, -0.25) is 32.5 Å². The van der Waals surface area contributed by atoms with Gasteiger partial charge in [-0.15, -0.1) is 0 Å². The number of phosphoric ester groups is 2. The van der Waals surface area contributed by atoms with Crippen molar-refractivity contribution in [2.75, 3.05) is 39.6 Å². The van der Waals surface area contributed by atoms with E-state index in [1.165, 1.54) is 51.4 Å². The van der Waals surface area contributed by atoms with E-state index in [-0.39, 0.29) is 19.3 Å². The minimum absolute atomic E-state index is 0.0835. The molecule has 598 valence electrons. The Balaban J connectivity index is 4.57. The molecule has 0 fully saturated rings. The van der Waals surface area contributed by atoms with Crippen LogP contribution >= 0.6 is 15.6 Å². The Morgan fingerprint density at radius 3 is 0.752 bits per heavy atom. The molecule has 0 aliphatic carbocycles. The SMILES string of the molecule is CC/C=C\C/C=C\C/C=C\C/C=C\C/C=C\C/C=C\CCCCCCCCCCCCCCC(=O)OCC(O)COP(=O)(O)OCC(O)COP(=O)(O)OCC(COC(=O)CCCCCCC/C=C\C/C=C\C/C=C\C/C=C\C/C=C\CC)OC(=O)CCCCCCCCC/C=C\C/C=C\C/C=C\CC. The second-order valence-corrected chi connectivity index (χ2v) is 29.3. The molecule has 0 radical (unpaired) electrons. The Morgan fingerprint density at radius 2 is 0.476 bits per heavy atom. The van der Waals surface area contributed by atoms with E-state index in [1.807, 2.05) is 0 Å². The summed E-state index contributed by atoms with van der Waals surface area (Å²) in [5.41, 5.74) is 0. The highest BCUT2D eigenvalue weighted by molar-refractivity contribution is 7.47. The molecule has 0 aromatic carbocycles. The highest BCUT2D eigenvalue weighted by atomic mass is 31.2. The monoisotopic (exact) mass is 1510 g/mol. The number of ether oxygens (including phenoxy) is 3. The molecule has 5 atom stereocenters. The third kappa shape index (κ3) is 79.8. The molecule has 0 heterocycles. The van der Waals surface area contributed by atoms with Gasteiger partial charge >= 0.3 is 33.6 Å². The first-order valence-corrected chi connectivity index (χ1v) is 43.4. The zero-order valence-electron chi connectivity index (χ0n) is 65.3. The first-order chi connectivity index (χ1) is 51.2. The highest BCUT2D eigenvalue weighted by Gasteiger charge is 2.29. The van der Waals surface area contributed by atoms with E-state index in [4.69, 9.17) is 32.3 Å². The number of allylic oxidation sites excluding steroid dienone is 28. The van der Waals surface area contributed by atoms with Gasteiger partial charge in [0.15, 0.2) is 6.10 Å². The number of hydrogen-bond acceptors (Lipinski definition) is 14. The van der Waals surface area contributed by atoms with Crippen LogP contribution in [0.3, 0.4) is 0 Å². The van der Waals surface area contributed by atoms with Crippen molar-refractivity contribution >= 4 is 33.6 Å². The Morgan fingerprint density at radius 1 is 0.267 bits per heavy atom. The highest BCUT2D eigenvalue weighted by Crippen LogP contribution is 2.45. The average Bonchev–Trinajstić information content (AvgIpc) is 0.917. The fourth-order valence-electron chi connectivity index (χ4n) is 10.4. The van der Waals surface area contributed by atoms with E-state index >= 15 is 0 Å². The molecule has 0 rings (SSSR count). The average molecular weight is 1510 g/mol. The maximum Gasteiger partial charge on any atom is 0.472 e. The lowest BCUT2D eigenvalue weighted by molar-refractivity contribution is -0.161. The summed E-state index contributed by atoms with van der Waals surface area (Å²) in [6.45, 7) is 2.31. The van der Waals surface area contributed by atoms with Gasteiger partial charge in [0, 0.05) is 19.3 Å². The molecule has 0 aromatic rings. The van der Waals surface area contributed by atoms with E-state index in [9.17, 15) is 43.5 Å². The molecule has 0 spiro atoms. The predicted octanol–water partition coefficient (Wildman–Crippen LogP) is 24.0. The summed E-state index contributed by atoms with van der Waals surface area (Å²) in [4.78, 5) is 58.7. The standard InChI is InChI=1S/C87H144O16P2/c1-4-7-10-13-16-19-22-25-28-31-33-35-36-37-38-39-40-41-42-43-44-46-48-50-52-55-58-61-64-67-70-73-85(90)97-76-82(88)77-99-104(93,94)100-78-83(89)79-101-105(95,96)102-81-84(103-87(92)75-72-69-66-63-60-57-54-49-30-27-24-21-18-15-12-9-6-3)80-98-86(91)74-71-68-65-62-59-56-53-51-47-45-34-32-29-26-23-20-17-14-11-8-5-2/h7-12,16-21,25-30,33-35,37-38,40-41,45,51,53,82-84,88-89H,4-6,13-15,22-24,31-32,36,39,42-44,46-50,52,54-81H2,1-3H3,(H,93,94)(H,95,96)/b10-7-,11-8-,12-9-,19-16-,20-17-,21-18-,28-25-,29-26-,30-27-,35-33-,38-37-,41-40-,45-34-,53-51-. The van der Waals surface area contributed by atoms with Crippen LogP contribution in [0.5, 0.6) is 0 Å². The molecule has 5 unspecified atom stereocenters. The minimum atomic E-state index is -4.95. The smallest absolute Gasteiger partial charge is 0.463 e. The molecule has 0 saturated carbocycles. The summed E-state index contributed by atoms with van der Waals surface area (Å²) in [6.07, 6.45) is 99.7. The maximum atomic E-state index is 13.0. The lowest BCUT2D eigenvalue weighted by atomic mass is 10.0. The third-order valence-corrected chi connectivity index (χ3v) is 18.3. The van der Waals surface area contributed by atoms with Crippen LogP contribution in [0.4, 0.5) is 0 Å². The van der Waals surface area contributed by atoms with Gasteiger partial charge in [-0.2, -0.15) is 0 Å². The van der Waals surface area contributed by atoms with Crippen molar-refractivity contribution in [2.45, 2.75) is 322 Å². The summed E-state index contributed by atoms with van der Waals surface area (Å²) in [5.74, 6) is -1.61. The molecule has 0 amide bonds. The van der Waals surface area contributed by atoms with Crippen LogP contribution < -0.4 is 0 Å². The van der Waals surface area contributed by atoms with E-state index < -0.39 is 91.5 Å². The number of aliphatic hydroxyl groups excluding tert-OH is 2. The molecule has 0 bridgehead atoms. The van der Waals surface area contributed by atoms with Crippen LogP contribution in [-0.2, 0) is 55.8 Å². The second kappa shape index (κ2) is 78.5. The number of carbonyl (C=O) groups is 3. The zero-order valence-corrected chi connectivity index (χ0v) is 67.1. The van der Waals surface area contributed by atoms with Gasteiger partial charge in [0.2, 0.25) is 0 Å². The Hall–Kier alpha value is -5.09. The predicted molar refractivity (Wildman–Crippen MR) is 435 cm³/mol. The molecule has 16 nitrogen and oxygen atoms in total. The number of rotatable bonds is 75. The zero-order chi connectivity index (χ0) is 76.6. The van der Waals surface area contributed by atoms with E-state index in [0.29, 0.717) is 19.3 Å². The van der Waals surface area contributed by atoms with Crippen molar-refractivity contribution in [3.63, 3.8) is 0 Å². The Kier molecular flexibility index (Phi) is 74.7. The maximum absolute atomic E-state index is 13.0. The van der Waals surface area contributed by atoms with Crippen molar-refractivity contribution in [1.82, 2.24) is 0 Å². The largest absolute Gasteiger partial charge is 0.472 e. The van der Waals surface area contributed by atoms with Crippen molar-refractivity contribution in [2.24, 2.45) is 0 Å². The molecular formula is C87H144O16P2. The van der Waals surface area contributed by atoms with E-state index in [1.54, 1.807) is 0 Å². The van der Waals surface area contributed by atoms with Crippen LogP contribution in [0.2, 0.25) is 0 Å². The molecule has 0 aliphatic rings. The fraction of sp³-hybridized carbons (Fsp3) is 0.644. The topological polar surface area (TPSA) is 231 Å². The number of aliphatic hydroxyl groups is 2. The van der Waals surface area contributed by atoms with Gasteiger partial charge in [0.25, 0.3) is 0 Å². The van der Waals surface area contributed by atoms with Crippen molar-refractivity contribution < 1.29 is 75.8 Å². The Labute approximate surface area is 637 Å². The van der Waals surface area contributed by atoms with Gasteiger partial charge in [-0.1, -0.05) is 306 Å². The summed E-state index contributed by atoms with van der Waals surface area (Å²) >= 11 is 0. The number of hydrogen-bond donors (Lipinski definition) is 4. The molecule has 0 aliphatic heterocycles. The summed E-state index contributed by atoms with van der Waals surface area (Å²) < 4.78 is 61.2. The van der Waals surface area contributed by atoms with Crippen molar-refractivity contribution in [3.05, 3.63) is 170 Å². The Bertz CT molecular complexity index is 2590. The van der Waals surface area contributed by atoms with Crippen molar-refractivity contribution in [1.29, 1.82) is 0 Å². The van der Waals surface area contributed by atoms with Gasteiger partial charge in [0.1, 0.15) is 25.4 Å². The molecule has 18 heteroatoms. The normalized spacial score (nSPS) is 14.8. The number of unbranched alkanes of at least 4 members (excludes halogenated alkanes) is 24. The lowest BCUT2D eigenvalue weighted by Gasteiger charge is -2.21. The van der Waals surface area contributed by atoms with Gasteiger partial charge < -0.3 is 34.2 Å². The van der Waals surface area contributed by atoms with E-state index in [0.717, 1.165) is 193 Å². The summed E-state index contributed by atoms with van der Waals surface area (Å²) in [7, 11) is -9.81.